The van der Waals surface area contributed by atoms with E-state index in [0.717, 1.165) is 6.07 Å². The van der Waals surface area contributed by atoms with Gasteiger partial charge in [0.25, 0.3) is 5.69 Å². The zero-order valence-corrected chi connectivity index (χ0v) is 12.3. The SMILES string of the molecule is COc1ccc(C(=O)c2cc(Cl)c([N+](=O)[O-])cc2Cl)cc1. The molecular weight excluding hydrogens is 317 g/mol. The number of ketones is 1. The topological polar surface area (TPSA) is 69.4 Å². The first kappa shape index (κ1) is 15.3. The number of hydrogen-bond donors (Lipinski definition) is 0. The monoisotopic (exact) mass is 325 g/mol. The van der Waals surface area contributed by atoms with Crippen LogP contribution in [0.4, 0.5) is 5.69 Å². The van der Waals surface area contributed by atoms with Crippen molar-refractivity contribution in [3.8, 4) is 5.75 Å². The number of ether oxygens (including phenoxy) is 1. The van der Waals surface area contributed by atoms with Gasteiger partial charge >= 0.3 is 0 Å². The van der Waals surface area contributed by atoms with Crippen LogP contribution >= 0.6 is 23.2 Å². The highest BCUT2D eigenvalue weighted by atomic mass is 35.5. The highest BCUT2D eigenvalue weighted by Gasteiger charge is 2.20. The highest BCUT2D eigenvalue weighted by molar-refractivity contribution is 6.38. The number of nitro groups is 1. The molecule has 0 aliphatic carbocycles. The third kappa shape index (κ3) is 3.15. The quantitative estimate of drug-likeness (QED) is 0.481. The number of carbonyl (C=O) groups excluding carboxylic acids is 1. The molecule has 0 aliphatic rings. The van der Waals surface area contributed by atoms with E-state index in [1.807, 2.05) is 0 Å². The maximum Gasteiger partial charge on any atom is 0.289 e. The van der Waals surface area contributed by atoms with Gasteiger partial charge in [-0.1, -0.05) is 23.2 Å². The molecule has 0 aromatic heterocycles. The van der Waals surface area contributed by atoms with Crippen LogP contribution < -0.4 is 4.74 Å². The van der Waals surface area contributed by atoms with Crippen LogP contribution in [-0.4, -0.2) is 17.8 Å². The fraction of sp³-hybridized carbons (Fsp3) is 0.0714. The standard InChI is InChI=1S/C14H9Cl2NO4/c1-21-9-4-2-8(3-5-9)14(18)10-6-12(16)13(17(19)20)7-11(10)15/h2-7H,1H3. The molecule has 0 heterocycles. The lowest BCUT2D eigenvalue weighted by Gasteiger charge is -2.06. The Morgan fingerprint density at radius 3 is 2.29 bits per heavy atom. The maximum absolute atomic E-state index is 12.3. The second-order valence-electron chi connectivity index (χ2n) is 4.10. The molecule has 7 heteroatoms. The van der Waals surface area contributed by atoms with Crippen molar-refractivity contribution in [2.24, 2.45) is 0 Å². The van der Waals surface area contributed by atoms with E-state index in [-0.39, 0.29) is 27.1 Å². The zero-order valence-electron chi connectivity index (χ0n) is 10.8. The summed E-state index contributed by atoms with van der Waals surface area (Å²) in [5, 5.41) is 10.6. The van der Waals surface area contributed by atoms with Crippen LogP contribution in [-0.2, 0) is 0 Å². The van der Waals surface area contributed by atoms with Gasteiger partial charge in [0, 0.05) is 17.2 Å². The Morgan fingerprint density at radius 1 is 1.14 bits per heavy atom. The third-order valence-corrected chi connectivity index (χ3v) is 3.45. The molecule has 0 saturated carbocycles. The third-order valence-electron chi connectivity index (χ3n) is 2.83. The molecule has 0 amide bonds. The highest BCUT2D eigenvalue weighted by Crippen LogP contribution is 2.32. The van der Waals surface area contributed by atoms with Crippen LogP contribution in [0, 0.1) is 10.1 Å². The van der Waals surface area contributed by atoms with Crippen molar-refractivity contribution < 1.29 is 14.5 Å². The van der Waals surface area contributed by atoms with Gasteiger partial charge in [-0.2, -0.15) is 0 Å². The van der Waals surface area contributed by atoms with Crippen molar-refractivity contribution in [1.29, 1.82) is 0 Å². The van der Waals surface area contributed by atoms with Gasteiger partial charge in [-0.05, 0) is 30.3 Å². The van der Waals surface area contributed by atoms with Crippen molar-refractivity contribution >= 4 is 34.7 Å². The molecule has 0 bridgehead atoms. The van der Waals surface area contributed by atoms with Gasteiger partial charge in [0.1, 0.15) is 10.8 Å². The van der Waals surface area contributed by atoms with Crippen LogP contribution in [0.15, 0.2) is 36.4 Å². The molecule has 108 valence electrons. The number of carbonyl (C=O) groups is 1. The van der Waals surface area contributed by atoms with E-state index in [1.54, 1.807) is 24.3 Å². The summed E-state index contributed by atoms with van der Waals surface area (Å²) in [5.41, 5.74) is 0.146. The molecule has 2 aromatic carbocycles. The van der Waals surface area contributed by atoms with E-state index in [9.17, 15) is 14.9 Å². The van der Waals surface area contributed by atoms with Gasteiger partial charge in [-0.15, -0.1) is 0 Å². The van der Waals surface area contributed by atoms with E-state index in [2.05, 4.69) is 0 Å². The largest absolute Gasteiger partial charge is 0.497 e. The summed E-state index contributed by atoms with van der Waals surface area (Å²) in [6.07, 6.45) is 0. The molecular formula is C14H9Cl2NO4. The van der Waals surface area contributed by atoms with E-state index in [1.165, 1.54) is 13.2 Å². The van der Waals surface area contributed by atoms with Crippen LogP contribution in [0.1, 0.15) is 15.9 Å². The van der Waals surface area contributed by atoms with E-state index in [0.29, 0.717) is 11.3 Å². The van der Waals surface area contributed by atoms with Crippen molar-refractivity contribution in [1.82, 2.24) is 0 Å². The van der Waals surface area contributed by atoms with Crippen LogP contribution in [0.25, 0.3) is 0 Å². The molecule has 5 nitrogen and oxygen atoms in total. The molecule has 0 atom stereocenters. The fourth-order valence-electron chi connectivity index (χ4n) is 1.75. The molecule has 0 saturated heterocycles. The summed E-state index contributed by atoms with van der Waals surface area (Å²) >= 11 is 11.7. The van der Waals surface area contributed by atoms with Gasteiger partial charge in [0.2, 0.25) is 0 Å². The lowest BCUT2D eigenvalue weighted by molar-refractivity contribution is -0.384. The first-order valence-electron chi connectivity index (χ1n) is 5.76. The average Bonchev–Trinajstić information content (AvgIpc) is 2.48. The first-order chi connectivity index (χ1) is 9.93. The molecule has 0 unspecified atom stereocenters. The van der Waals surface area contributed by atoms with Gasteiger partial charge in [-0.25, -0.2) is 0 Å². The molecule has 2 rings (SSSR count). The minimum absolute atomic E-state index is 0.0214. The summed E-state index contributed by atoms with van der Waals surface area (Å²) in [6.45, 7) is 0. The lowest BCUT2D eigenvalue weighted by Crippen LogP contribution is -2.03. The summed E-state index contributed by atoms with van der Waals surface area (Å²) in [4.78, 5) is 22.4. The fourth-order valence-corrected chi connectivity index (χ4v) is 2.22. The second-order valence-corrected chi connectivity index (χ2v) is 4.91. The number of hydrogen-bond acceptors (Lipinski definition) is 4. The van der Waals surface area contributed by atoms with Crippen molar-refractivity contribution in [3.05, 3.63) is 67.7 Å². The van der Waals surface area contributed by atoms with Gasteiger partial charge in [-0.3, -0.25) is 14.9 Å². The number of nitrogens with zero attached hydrogens (tertiary/aromatic N) is 1. The van der Waals surface area contributed by atoms with Crippen molar-refractivity contribution in [3.63, 3.8) is 0 Å². The van der Waals surface area contributed by atoms with Gasteiger partial charge in [0.15, 0.2) is 5.78 Å². The average molecular weight is 326 g/mol. The molecule has 2 aromatic rings. The number of nitro benzene ring substituents is 1. The Hall–Kier alpha value is -2.11. The van der Waals surface area contributed by atoms with Crippen LogP contribution in [0.2, 0.25) is 10.0 Å². The van der Waals surface area contributed by atoms with Crippen molar-refractivity contribution in [2.75, 3.05) is 7.11 Å². The normalized spacial score (nSPS) is 10.2. The van der Waals surface area contributed by atoms with Gasteiger partial charge < -0.3 is 4.74 Å². The Labute approximate surface area is 130 Å². The molecule has 0 aliphatic heterocycles. The molecule has 0 N–H and O–H groups in total. The summed E-state index contributed by atoms with van der Waals surface area (Å²) in [5.74, 6) is 0.235. The smallest absolute Gasteiger partial charge is 0.289 e. The Kier molecular flexibility index (Phi) is 4.45. The molecule has 0 radical (unpaired) electrons. The predicted molar refractivity (Wildman–Crippen MR) is 79.5 cm³/mol. The number of rotatable bonds is 4. The minimum atomic E-state index is -0.657. The van der Waals surface area contributed by atoms with Crippen LogP contribution in [0.3, 0.4) is 0 Å². The lowest BCUT2D eigenvalue weighted by atomic mass is 10.0. The second kappa shape index (κ2) is 6.11. The zero-order chi connectivity index (χ0) is 15.6. The van der Waals surface area contributed by atoms with Gasteiger partial charge in [0.05, 0.1) is 17.1 Å². The molecule has 21 heavy (non-hydrogen) atoms. The van der Waals surface area contributed by atoms with Crippen LogP contribution in [0.5, 0.6) is 5.75 Å². The van der Waals surface area contributed by atoms with E-state index < -0.39 is 4.92 Å². The molecule has 0 spiro atoms. The number of halogens is 2. The number of benzene rings is 2. The summed E-state index contributed by atoms with van der Waals surface area (Å²) in [7, 11) is 1.52. The summed E-state index contributed by atoms with van der Waals surface area (Å²) < 4.78 is 5.01. The van der Waals surface area contributed by atoms with Crippen molar-refractivity contribution in [2.45, 2.75) is 0 Å². The first-order valence-corrected chi connectivity index (χ1v) is 6.52. The Morgan fingerprint density at radius 2 is 1.76 bits per heavy atom. The summed E-state index contributed by atoms with van der Waals surface area (Å²) in [6, 6.07) is 8.69. The molecule has 0 fully saturated rings. The van der Waals surface area contributed by atoms with E-state index in [4.69, 9.17) is 27.9 Å². The predicted octanol–water partition coefficient (Wildman–Crippen LogP) is 4.14. The maximum atomic E-state index is 12.3. The Balaban J connectivity index is 2.43. The van der Waals surface area contributed by atoms with E-state index >= 15 is 0 Å². The number of methoxy groups -OCH3 is 1. The minimum Gasteiger partial charge on any atom is -0.497 e. The Bertz CT molecular complexity index is 714.